The van der Waals surface area contributed by atoms with Crippen LogP contribution in [0.4, 0.5) is 0 Å². The number of carbonyl (C=O) groups is 1. The van der Waals surface area contributed by atoms with Crippen molar-refractivity contribution in [1.29, 1.82) is 0 Å². The molecule has 1 rings (SSSR count). The van der Waals surface area contributed by atoms with Gasteiger partial charge in [-0.15, -0.1) is 0 Å². The molecule has 0 bridgehead atoms. The van der Waals surface area contributed by atoms with Crippen molar-refractivity contribution in [3.63, 3.8) is 0 Å². The van der Waals surface area contributed by atoms with Gasteiger partial charge >= 0.3 is 0 Å². The molecule has 0 spiro atoms. The summed E-state index contributed by atoms with van der Waals surface area (Å²) in [6, 6.07) is 0. The Morgan fingerprint density at radius 3 is 2.32 bits per heavy atom. The molecule has 6 heteroatoms. The first-order valence-electron chi connectivity index (χ1n) is 7.92. The summed E-state index contributed by atoms with van der Waals surface area (Å²) in [6.45, 7) is 17.4. The smallest absolute Gasteiger partial charge is 0.193 e. The minimum absolute atomic E-state index is 0.0198. The zero-order chi connectivity index (χ0) is 17.3. The Bertz CT molecular complexity index is 407. The highest BCUT2D eigenvalue weighted by Gasteiger charge is 2.49. The predicted octanol–water partition coefficient (Wildman–Crippen LogP) is 4.13. The molecule has 0 unspecified atom stereocenters. The van der Waals surface area contributed by atoms with E-state index < -0.39 is 20.2 Å². The van der Waals surface area contributed by atoms with Crippen LogP contribution >= 0.6 is 15.9 Å². The molecule has 0 aliphatic carbocycles. The van der Waals surface area contributed by atoms with Gasteiger partial charge in [0.25, 0.3) is 0 Å². The summed E-state index contributed by atoms with van der Waals surface area (Å²) in [4.78, 5) is 12.4. The molecule has 130 valence electrons. The average molecular weight is 395 g/mol. The third-order valence-corrected chi connectivity index (χ3v) is 10.3. The molecule has 1 heterocycles. The van der Waals surface area contributed by atoms with E-state index in [1.807, 2.05) is 13.8 Å². The second-order valence-corrected chi connectivity index (χ2v) is 13.0. The molecule has 1 saturated heterocycles. The number of hydrogen-bond donors (Lipinski definition) is 0. The largest absolute Gasteiger partial charge is 0.404 e. The van der Waals surface area contributed by atoms with E-state index in [9.17, 15) is 4.79 Å². The van der Waals surface area contributed by atoms with Crippen LogP contribution in [-0.2, 0) is 18.7 Å². The number of hydrogen-bond acceptors (Lipinski definition) is 4. The maximum absolute atomic E-state index is 12.4. The SMILES string of the molecule is CC(C)C(C)(C)[Si](C)(C)O[C@@H](C(=O)CBr)[C@H]1COC(C)(C)O1. The highest BCUT2D eigenvalue weighted by atomic mass is 79.9. The van der Waals surface area contributed by atoms with Crippen molar-refractivity contribution in [3.05, 3.63) is 0 Å². The number of alkyl halides is 1. The topological polar surface area (TPSA) is 44.8 Å². The van der Waals surface area contributed by atoms with E-state index in [1.165, 1.54) is 0 Å². The van der Waals surface area contributed by atoms with E-state index >= 15 is 0 Å². The molecule has 0 aromatic carbocycles. The van der Waals surface area contributed by atoms with Crippen LogP contribution in [0.5, 0.6) is 0 Å². The van der Waals surface area contributed by atoms with Gasteiger partial charge < -0.3 is 13.9 Å². The normalized spacial score (nSPS) is 23.8. The Kier molecular flexibility index (Phi) is 6.47. The van der Waals surface area contributed by atoms with Crippen LogP contribution in [0.1, 0.15) is 41.5 Å². The first-order valence-corrected chi connectivity index (χ1v) is 12.0. The van der Waals surface area contributed by atoms with E-state index in [1.54, 1.807) is 0 Å². The van der Waals surface area contributed by atoms with E-state index in [-0.39, 0.29) is 22.3 Å². The van der Waals surface area contributed by atoms with E-state index in [0.717, 1.165) is 0 Å². The Hall–Kier alpha value is 0.247. The Morgan fingerprint density at radius 2 is 1.95 bits per heavy atom. The van der Waals surface area contributed by atoms with Crippen molar-refractivity contribution in [2.75, 3.05) is 11.9 Å². The fourth-order valence-electron chi connectivity index (χ4n) is 2.45. The minimum Gasteiger partial charge on any atom is -0.404 e. The maximum Gasteiger partial charge on any atom is 0.193 e. The molecule has 22 heavy (non-hydrogen) atoms. The fourth-order valence-corrected chi connectivity index (χ4v) is 5.39. The summed E-state index contributed by atoms with van der Waals surface area (Å²) >= 11 is 3.27. The monoisotopic (exact) mass is 394 g/mol. The van der Waals surface area contributed by atoms with Crippen molar-refractivity contribution < 1.29 is 18.7 Å². The molecule has 0 N–H and O–H groups in total. The molecule has 2 atom stereocenters. The number of rotatable bonds is 7. The van der Waals surface area contributed by atoms with Gasteiger partial charge in [-0.3, -0.25) is 4.79 Å². The van der Waals surface area contributed by atoms with Crippen LogP contribution in [0, 0.1) is 5.92 Å². The molecule has 0 radical (unpaired) electrons. The van der Waals surface area contributed by atoms with Gasteiger partial charge in [0, 0.05) is 0 Å². The van der Waals surface area contributed by atoms with Crippen LogP contribution in [0.2, 0.25) is 18.1 Å². The van der Waals surface area contributed by atoms with Gasteiger partial charge in [0.2, 0.25) is 0 Å². The van der Waals surface area contributed by atoms with E-state index in [2.05, 4.69) is 56.7 Å². The van der Waals surface area contributed by atoms with Crippen molar-refractivity contribution >= 4 is 30.0 Å². The highest BCUT2D eigenvalue weighted by Crippen LogP contribution is 2.45. The lowest BCUT2D eigenvalue weighted by molar-refractivity contribution is -0.155. The van der Waals surface area contributed by atoms with E-state index in [4.69, 9.17) is 13.9 Å². The standard InChI is InChI=1S/C16H31BrO4Si/c1-11(2)15(3,4)22(7,8)21-14(12(18)9-17)13-10-19-16(5,6)20-13/h11,13-14H,9-10H2,1-8H3/t13-,14+/m1/s1. The van der Waals surface area contributed by atoms with Gasteiger partial charge in [-0.25, -0.2) is 0 Å². The zero-order valence-electron chi connectivity index (χ0n) is 15.2. The first kappa shape index (κ1) is 20.3. The van der Waals surface area contributed by atoms with Gasteiger partial charge in [-0.2, -0.15) is 0 Å². The number of ketones is 1. The Labute approximate surface area is 144 Å². The molecule has 0 aromatic rings. The van der Waals surface area contributed by atoms with Crippen LogP contribution < -0.4 is 0 Å². The van der Waals surface area contributed by atoms with Crippen molar-refractivity contribution in [3.8, 4) is 0 Å². The second kappa shape index (κ2) is 7.01. The number of halogens is 1. The maximum atomic E-state index is 12.4. The summed E-state index contributed by atoms with van der Waals surface area (Å²) in [5, 5.41) is 0.317. The minimum atomic E-state index is -2.13. The predicted molar refractivity (Wildman–Crippen MR) is 94.9 cm³/mol. The van der Waals surface area contributed by atoms with Gasteiger partial charge in [0.15, 0.2) is 19.9 Å². The van der Waals surface area contributed by atoms with Gasteiger partial charge in [0.05, 0.1) is 11.9 Å². The summed E-state index contributed by atoms with van der Waals surface area (Å²) < 4.78 is 18.0. The summed E-state index contributed by atoms with van der Waals surface area (Å²) in [7, 11) is -2.13. The molecular formula is C16H31BrO4Si. The Balaban J connectivity index is 2.98. The van der Waals surface area contributed by atoms with Crippen LogP contribution in [-0.4, -0.2) is 44.0 Å². The fraction of sp³-hybridized carbons (Fsp3) is 0.938. The zero-order valence-corrected chi connectivity index (χ0v) is 17.7. The molecule has 4 nitrogen and oxygen atoms in total. The summed E-state index contributed by atoms with van der Waals surface area (Å²) in [6.07, 6.45) is -0.907. The van der Waals surface area contributed by atoms with Crippen molar-refractivity contribution in [2.45, 2.75) is 77.7 Å². The molecule has 0 saturated carbocycles. The van der Waals surface area contributed by atoms with Gasteiger partial charge in [0.1, 0.15) is 12.2 Å². The third-order valence-electron chi connectivity index (χ3n) is 5.23. The highest BCUT2D eigenvalue weighted by molar-refractivity contribution is 9.09. The number of Topliss-reactive ketones (excluding diaryl/α,β-unsaturated/α-hetero) is 1. The van der Waals surface area contributed by atoms with E-state index in [0.29, 0.717) is 12.5 Å². The first-order chi connectivity index (χ1) is 9.84. The van der Waals surface area contributed by atoms with Gasteiger partial charge in [-0.1, -0.05) is 43.6 Å². The molecule has 1 aliphatic heterocycles. The molecule has 1 aliphatic rings. The molecular weight excluding hydrogens is 364 g/mol. The quantitative estimate of drug-likeness (QED) is 0.480. The lowest BCUT2D eigenvalue weighted by Crippen LogP contribution is -2.53. The van der Waals surface area contributed by atoms with Crippen molar-refractivity contribution in [2.24, 2.45) is 5.92 Å². The number of carbonyl (C=O) groups excluding carboxylic acids is 1. The van der Waals surface area contributed by atoms with Crippen LogP contribution in [0.15, 0.2) is 0 Å². The third kappa shape index (κ3) is 4.41. The average Bonchev–Trinajstić information content (AvgIpc) is 2.74. The summed E-state index contributed by atoms with van der Waals surface area (Å²) in [5.41, 5.74) is 0. The lowest BCUT2D eigenvalue weighted by Gasteiger charge is -2.44. The molecule has 0 aromatic heterocycles. The van der Waals surface area contributed by atoms with Crippen LogP contribution in [0.3, 0.4) is 0 Å². The van der Waals surface area contributed by atoms with Gasteiger partial charge in [-0.05, 0) is 37.9 Å². The summed E-state index contributed by atoms with van der Waals surface area (Å²) in [5.74, 6) is -0.157. The Morgan fingerprint density at radius 1 is 1.41 bits per heavy atom. The van der Waals surface area contributed by atoms with Crippen molar-refractivity contribution in [1.82, 2.24) is 0 Å². The molecule has 1 fully saturated rings. The second-order valence-electron chi connectivity index (χ2n) is 7.89. The lowest BCUT2D eigenvalue weighted by atomic mass is 9.99. The van der Waals surface area contributed by atoms with Crippen LogP contribution in [0.25, 0.3) is 0 Å². The molecule has 0 amide bonds. The number of ether oxygens (including phenoxy) is 2.